The second-order valence-electron chi connectivity index (χ2n) is 3.73. The summed E-state index contributed by atoms with van der Waals surface area (Å²) in [7, 11) is 1.70. The summed E-state index contributed by atoms with van der Waals surface area (Å²) in [6, 6.07) is 4.01. The van der Waals surface area contributed by atoms with Gasteiger partial charge in [-0.25, -0.2) is 4.98 Å². The summed E-state index contributed by atoms with van der Waals surface area (Å²) < 4.78 is 39.1. The molecule has 0 aliphatic rings. The molecule has 90 valence electrons. The molecule has 2 aromatic heterocycles. The zero-order chi connectivity index (χ0) is 12.6. The molecule has 2 rings (SSSR count). The topological polar surface area (TPSA) is 30.7 Å². The number of hydrogen-bond donors (Lipinski definition) is 0. The van der Waals surface area contributed by atoms with Crippen LogP contribution in [-0.4, -0.2) is 14.8 Å². The molecule has 0 saturated heterocycles. The number of nitrogens with zero attached hydrogens (tertiary/aromatic N) is 3. The monoisotopic (exact) mass is 241 g/mol. The molecule has 0 atom stereocenters. The zero-order valence-electron chi connectivity index (χ0n) is 9.28. The Morgan fingerprint density at radius 3 is 2.41 bits per heavy atom. The molecule has 0 bridgehead atoms. The molecule has 0 fully saturated rings. The number of aryl methyl sites for hydroxylation is 2. The lowest BCUT2D eigenvalue weighted by atomic mass is 10.1. The van der Waals surface area contributed by atoms with Gasteiger partial charge in [0, 0.05) is 13.2 Å². The maximum atomic E-state index is 12.5. The van der Waals surface area contributed by atoms with Crippen molar-refractivity contribution in [1.82, 2.24) is 14.8 Å². The molecule has 0 amide bonds. The van der Waals surface area contributed by atoms with Crippen molar-refractivity contribution < 1.29 is 13.2 Å². The van der Waals surface area contributed by atoms with E-state index in [1.165, 1.54) is 10.7 Å². The Kier molecular flexibility index (Phi) is 2.65. The third kappa shape index (κ3) is 2.30. The third-order valence-electron chi connectivity index (χ3n) is 2.34. The van der Waals surface area contributed by atoms with Crippen molar-refractivity contribution in [3.05, 3.63) is 35.7 Å². The van der Waals surface area contributed by atoms with Gasteiger partial charge in [0.25, 0.3) is 0 Å². The highest BCUT2D eigenvalue weighted by Gasteiger charge is 2.33. The minimum Gasteiger partial charge on any atom is -0.275 e. The first-order valence-corrected chi connectivity index (χ1v) is 4.93. The predicted molar refractivity (Wildman–Crippen MR) is 56.2 cm³/mol. The van der Waals surface area contributed by atoms with Crippen LogP contribution in [0.15, 0.2) is 24.4 Å². The maximum Gasteiger partial charge on any atom is 0.433 e. The summed E-state index contributed by atoms with van der Waals surface area (Å²) >= 11 is 0. The van der Waals surface area contributed by atoms with Crippen molar-refractivity contribution >= 4 is 0 Å². The predicted octanol–water partition coefficient (Wildman–Crippen LogP) is 2.81. The van der Waals surface area contributed by atoms with Gasteiger partial charge in [0.2, 0.25) is 0 Å². The fourth-order valence-electron chi connectivity index (χ4n) is 1.49. The van der Waals surface area contributed by atoms with Crippen molar-refractivity contribution in [3.8, 4) is 11.4 Å². The van der Waals surface area contributed by atoms with Crippen LogP contribution in [0.25, 0.3) is 11.4 Å². The number of pyridine rings is 1. The molecule has 0 saturated carbocycles. The van der Waals surface area contributed by atoms with Gasteiger partial charge in [0.15, 0.2) is 0 Å². The Hall–Kier alpha value is -1.85. The highest BCUT2D eigenvalue weighted by molar-refractivity contribution is 5.58. The van der Waals surface area contributed by atoms with Gasteiger partial charge < -0.3 is 0 Å². The molecule has 0 radical (unpaired) electrons. The van der Waals surface area contributed by atoms with E-state index >= 15 is 0 Å². The van der Waals surface area contributed by atoms with E-state index in [2.05, 4.69) is 10.1 Å². The SMILES string of the molecule is Cc1ccc(C(F)(F)F)nc1-c1ccn(C)n1. The molecule has 0 N–H and O–H groups in total. The van der Waals surface area contributed by atoms with Crippen molar-refractivity contribution in [2.75, 3.05) is 0 Å². The minimum atomic E-state index is -4.43. The quantitative estimate of drug-likeness (QED) is 0.768. The summed E-state index contributed by atoms with van der Waals surface area (Å²) in [6.07, 6.45) is -2.77. The van der Waals surface area contributed by atoms with E-state index in [1.54, 1.807) is 26.2 Å². The Morgan fingerprint density at radius 1 is 1.18 bits per heavy atom. The molecule has 0 aliphatic carbocycles. The highest BCUT2D eigenvalue weighted by atomic mass is 19.4. The Bertz CT molecular complexity index is 543. The van der Waals surface area contributed by atoms with Crippen LogP contribution in [0.5, 0.6) is 0 Å². The van der Waals surface area contributed by atoms with Crippen LogP contribution >= 0.6 is 0 Å². The summed E-state index contributed by atoms with van der Waals surface area (Å²) in [4.78, 5) is 3.63. The molecule has 17 heavy (non-hydrogen) atoms. The number of alkyl halides is 3. The Balaban J connectivity index is 2.54. The van der Waals surface area contributed by atoms with Crippen LogP contribution in [0.4, 0.5) is 13.2 Å². The molecule has 0 spiro atoms. The van der Waals surface area contributed by atoms with E-state index in [4.69, 9.17) is 0 Å². The van der Waals surface area contributed by atoms with Crippen LogP contribution in [-0.2, 0) is 13.2 Å². The third-order valence-corrected chi connectivity index (χ3v) is 2.34. The molecule has 3 nitrogen and oxygen atoms in total. The molecule has 6 heteroatoms. The lowest BCUT2D eigenvalue weighted by molar-refractivity contribution is -0.141. The zero-order valence-corrected chi connectivity index (χ0v) is 9.28. The Morgan fingerprint density at radius 2 is 1.88 bits per heavy atom. The average Bonchev–Trinajstić information content (AvgIpc) is 2.63. The second kappa shape index (κ2) is 3.87. The van der Waals surface area contributed by atoms with Crippen LogP contribution in [0.1, 0.15) is 11.3 Å². The second-order valence-corrected chi connectivity index (χ2v) is 3.73. The van der Waals surface area contributed by atoms with E-state index in [0.29, 0.717) is 11.3 Å². The molecule has 2 aromatic rings. The van der Waals surface area contributed by atoms with E-state index in [9.17, 15) is 13.2 Å². The number of aromatic nitrogens is 3. The largest absolute Gasteiger partial charge is 0.433 e. The van der Waals surface area contributed by atoms with E-state index in [0.717, 1.165) is 6.07 Å². The molecular weight excluding hydrogens is 231 g/mol. The van der Waals surface area contributed by atoms with Gasteiger partial charge in [-0.1, -0.05) is 6.07 Å². The molecule has 0 unspecified atom stereocenters. The number of rotatable bonds is 1. The number of halogens is 3. The summed E-state index contributed by atoms with van der Waals surface area (Å²) in [5.74, 6) is 0. The minimum absolute atomic E-state index is 0.264. The first-order valence-electron chi connectivity index (χ1n) is 4.93. The molecule has 2 heterocycles. The van der Waals surface area contributed by atoms with Gasteiger partial charge in [-0.2, -0.15) is 18.3 Å². The van der Waals surface area contributed by atoms with Gasteiger partial charge in [-0.15, -0.1) is 0 Å². The smallest absolute Gasteiger partial charge is 0.275 e. The van der Waals surface area contributed by atoms with Crippen molar-refractivity contribution in [2.45, 2.75) is 13.1 Å². The van der Waals surface area contributed by atoms with Crippen molar-refractivity contribution in [1.29, 1.82) is 0 Å². The maximum absolute atomic E-state index is 12.5. The molecular formula is C11H10F3N3. The summed E-state index contributed by atoms with van der Waals surface area (Å²) in [5.41, 5.74) is 0.469. The van der Waals surface area contributed by atoms with E-state index in [1.807, 2.05) is 0 Å². The van der Waals surface area contributed by atoms with Crippen molar-refractivity contribution in [3.63, 3.8) is 0 Å². The van der Waals surface area contributed by atoms with Crippen LogP contribution in [0, 0.1) is 6.92 Å². The first-order chi connectivity index (χ1) is 7.88. The number of hydrogen-bond acceptors (Lipinski definition) is 2. The molecule has 0 aliphatic heterocycles. The average molecular weight is 241 g/mol. The van der Waals surface area contributed by atoms with Gasteiger partial charge >= 0.3 is 6.18 Å². The lowest BCUT2D eigenvalue weighted by Crippen LogP contribution is -2.09. The van der Waals surface area contributed by atoms with Gasteiger partial charge in [0.05, 0.1) is 5.69 Å². The van der Waals surface area contributed by atoms with Gasteiger partial charge in [0.1, 0.15) is 11.4 Å². The van der Waals surface area contributed by atoms with Crippen molar-refractivity contribution in [2.24, 2.45) is 7.05 Å². The lowest BCUT2D eigenvalue weighted by Gasteiger charge is -2.08. The Labute approximate surface area is 95.9 Å². The van der Waals surface area contributed by atoms with E-state index < -0.39 is 11.9 Å². The summed E-state index contributed by atoms with van der Waals surface area (Å²) in [6.45, 7) is 1.71. The van der Waals surface area contributed by atoms with E-state index in [-0.39, 0.29) is 5.69 Å². The normalized spacial score (nSPS) is 11.8. The van der Waals surface area contributed by atoms with Gasteiger partial charge in [-0.05, 0) is 24.6 Å². The fraction of sp³-hybridized carbons (Fsp3) is 0.273. The molecule has 0 aromatic carbocycles. The standard InChI is InChI=1S/C11H10F3N3/c1-7-3-4-9(11(12,13)14)15-10(7)8-5-6-17(2)16-8/h3-6H,1-2H3. The highest BCUT2D eigenvalue weighted by Crippen LogP contribution is 2.30. The van der Waals surface area contributed by atoms with Gasteiger partial charge in [-0.3, -0.25) is 4.68 Å². The first kappa shape index (κ1) is 11.6. The fourth-order valence-corrected chi connectivity index (χ4v) is 1.49. The summed E-state index contributed by atoms with van der Waals surface area (Å²) in [5, 5.41) is 4.05. The van der Waals surface area contributed by atoms with Crippen LogP contribution in [0.3, 0.4) is 0 Å². The van der Waals surface area contributed by atoms with Crippen LogP contribution in [0.2, 0.25) is 0 Å². The van der Waals surface area contributed by atoms with Crippen LogP contribution < -0.4 is 0 Å².